The molecule has 0 bridgehead atoms. The van der Waals surface area contributed by atoms with Crippen molar-refractivity contribution in [3.05, 3.63) is 93.4 Å². The Morgan fingerprint density at radius 3 is 2.42 bits per heavy atom. The van der Waals surface area contributed by atoms with Gasteiger partial charge in [-0.05, 0) is 103 Å². The molecule has 1 aliphatic carbocycles. The molecule has 208 valence electrons. The highest BCUT2D eigenvalue weighted by molar-refractivity contribution is 6.35. The Balaban J connectivity index is 1.22. The molecule has 4 aromatic rings. The van der Waals surface area contributed by atoms with E-state index in [0.29, 0.717) is 52.8 Å². The first-order valence-electron chi connectivity index (χ1n) is 13.8. The lowest BCUT2D eigenvalue weighted by Crippen LogP contribution is -2.23. The quantitative estimate of drug-likeness (QED) is 0.217. The normalized spacial score (nSPS) is 17.1. The summed E-state index contributed by atoms with van der Waals surface area (Å²) in [5, 5.41) is 4.01. The van der Waals surface area contributed by atoms with E-state index < -0.39 is 0 Å². The predicted octanol–water partition coefficient (Wildman–Crippen LogP) is 7.77. The van der Waals surface area contributed by atoms with Crippen LogP contribution in [0.5, 0.6) is 0 Å². The molecule has 1 saturated carbocycles. The predicted molar refractivity (Wildman–Crippen MR) is 159 cm³/mol. The zero-order chi connectivity index (χ0) is 28.2. The van der Waals surface area contributed by atoms with Gasteiger partial charge in [0.2, 0.25) is 0 Å². The van der Waals surface area contributed by atoms with Gasteiger partial charge >= 0.3 is 5.97 Å². The molecular formula is C32H33Cl2N3O3. The molecule has 6 nitrogen and oxygen atoms in total. The fraction of sp³-hybridized carbons (Fsp3) is 0.344. The van der Waals surface area contributed by atoms with Crippen molar-refractivity contribution >= 4 is 40.7 Å². The van der Waals surface area contributed by atoms with E-state index in [-0.39, 0.29) is 11.9 Å². The summed E-state index contributed by atoms with van der Waals surface area (Å²) < 4.78 is 7.00. The monoisotopic (exact) mass is 577 g/mol. The number of imidazole rings is 1. The number of nitrogens with one attached hydrogen (secondary N) is 1. The summed E-state index contributed by atoms with van der Waals surface area (Å²) in [7, 11) is 0. The number of halogens is 2. The van der Waals surface area contributed by atoms with Crippen LogP contribution in [0.15, 0.2) is 60.9 Å². The summed E-state index contributed by atoms with van der Waals surface area (Å²) in [4.78, 5) is 29.1. The van der Waals surface area contributed by atoms with E-state index in [1.165, 1.54) is 5.56 Å². The number of aromatic nitrogens is 2. The van der Waals surface area contributed by atoms with Crippen LogP contribution >= 0.6 is 23.2 Å². The summed E-state index contributed by atoms with van der Waals surface area (Å²) in [5.74, 6) is 0.617. The van der Waals surface area contributed by atoms with Gasteiger partial charge in [0.25, 0.3) is 5.91 Å². The topological polar surface area (TPSA) is 72.7 Å². The van der Waals surface area contributed by atoms with Crippen molar-refractivity contribution in [2.75, 3.05) is 6.61 Å². The van der Waals surface area contributed by atoms with Gasteiger partial charge in [-0.2, -0.15) is 0 Å². The number of pyridine rings is 1. The van der Waals surface area contributed by atoms with E-state index in [0.717, 1.165) is 47.9 Å². The van der Waals surface area contributed by atoms with E-state index in [4.69, 9.17) is 27.9 Å². The fourth-order valence-electron chi connectivity index (χ4n) is 5.59. The molecule has 8 heteroatoms. The number of benzene rings is 2. The second-order valence-electron chi connectivity index (χ2n) is 10.5. The molecule has 1 aliphatic rings. The van der Waals surface area contributed by atoms with E-state index in [1.807, 2.05) is 42.6 Å². The average Bonchev–Trinajstić information content (AvgIpc) is 3.37. The second-order valence-corrected chi connectivity index (χ2v) is 11.4. The minimum absolute atomic E-state index is 0.0733. The smallest absolute Gasteiger partial charge is 0.306 e. The van der Waals surface area contributed by atoms with E-state index in [2.05, 4.69) is 34.6 Å². The summed E-state index contributed by atoms with van der Waals surface area (Å²) >= 11 is 12.4. The summed E-state index contributed by atoms with van der Waals surface area (Å²) in [6.45, 7) is 4.51. The van der Waals surface area contributed by atoms with Gasteiger partial charge in [-0.15, -0.1) is 0 Å². The molecule has 40 heavy (non-hydrogen) atoms. The molecule has 1 amide bonds. The Morgan fingerprint density at radius 1 is 1.00 bits per heavy atom. The van der Waals surface area contributed by atoms with E-state index in [9.17, 15) is 9.59 Å². The highest BCUT2D eigenvalue weighted by Crippen LogP contribution is 2.38. The summed E-state index contributed by atoms with van der Waals surface area (Å²) in [6, 6.07) is 16.2. The van der Waals surface area contributed by atoms with Gasteiger partial charge in [0, 0.05) is 35.4 Å². The van der Waals surface area contributed by atoms with Crippen molar-refractivity contribution in [1.29, 1.82) is 0 Å². The van der Waals surface area contributed by atoms with Crippen LogP contribution in [-0.4, -0.2) is 27.9 Å². The van der Waals surface area contributed by atoms with Crippen molar-refractivity contribution in [2.45, 2.75) is 58.4 Å². The van der Waals surface area contributed by atoms with E-state index in [1.54, 1.807) is 12.3 Å². The maximum atomic E-state index is 12.8. The first-order valence-corrected chi connectivity index (χ1v) is 14.5. The van der Waals surface area contributed by atoms with Crippen LogP contribution in [0.4, 0.5) is 0 Å². The average molecular weight is 579 g/mol. The Hall–Kier alpha value is -3.35. The number of fused-ring (bicyclic) bond motifs is 1. The maximum Gasteiger partial charge on any atom is 0.306 e. The van der Waals surface area contributed by atoms with Crippen LogP contribution in [0, 0.1) is 12.8 Å². The standard InChI is InChI=1S/C32H33Cl2N3O3/c1-3-40-31(38)15-21-4-6-22(7-5-21)23-8-10-24(11-9-23)25-12-13-30-36-29(19-37(30)18-25)32(39)35-17-27-20(2)14-26(33)16-28(27)34/h8-14,16,18-19,21-22H,3-7,15,17H2,1-2H3,(H,35,39). The molecule has 2 aromatic carbocycles. The zero-order valence-corrected chi connectivity index (χ0v) is 24.3. The largest absolute Gasteiger partial charge is 0.466 e. The van der Waals surface area contributed by atoms with Crippen LogP contribution in [0.1, 0.15) is 72.1 Å². The van der Waals surface area contributed by atoms with Crippen LogP contribution in [0.2, 0.25) is 10.0 Å². The number of amides is 1. The van der Waals surface area contributed by atoms with Crippen LogP contribution in [-0.2, 0) is 16.1 Å². The molecule has 0 spiro atoms. The molecule has 2 aromatic heterocycles. The Kier molecular flexibility index (Phi) is 8.77. The van der Waals surface area contributed by atoms with Gasteiger partial charge in [0.05, 0.1) is 6.61 Å². The summed E-state index contributed by atoms with van der Waals surface area (Å²) in [5.41, 5.74) is 6.29. The maximum absolute atomic E-state index is 12.8. The highest BCUT2D eigenvalue weighted by atomic mass is 35.5. The minimum atomic E-state index is -0.267. The van der Waals surface area contributed by atoms with Gasteiger partial charge in [0.1, 0.15) is 11.3 Å². The molecule has 0 atom stereocenters. The van der Waals surface area contributed by atoms with Gasteiger partial charge in [-0.25, -0.2) is 4.98 Å². The van der Waals surface area contributed by atoms with E-state index >= 15 is 0 Å². The lowest BCUT2D eigenvalue weighted by molar-refractivity contribution is -0.144. The Labute approximate surface area is 244 Å². The number of carbonyl (C=O) groups is 2. The van der Waals surface area contributed by atoms with Crippen LogP contribution < -0.4 is 5.32 Å². The van der Waals surface area contributed by atoms with Crippen molar-refractivity contribution in [3.8, 4) is 11.1 Å². The number of rotatable bonds is 8. The van der Waals surface area contributed by atoms with Crippen molar-refractivity contribution in [2.24, 2.45) is 5.92 Å². The van der Waals surface area contributed by atoms with Crippen LogP contribution in [0.25, 0.3) is 16.8 Å². The SMILES string of the molecule is CCOC(=O)CC1CCC(c2ccc(-c3ccc4nc(C(=O)NCc5c(C)cc(Cl)cc5Cl)cn4c3)cc2)CC1. The molecule has 1 N–H and O–H groups in total. The molecule has 0 saturated heterocycles. The number of esters is 1. The van der Waals surface area contributed by atoms with Gasteiger partial charge < -0.3 is 14.5 Å². The van der Waals surface area contributed by atoms with Crippen molar-refractivity contribution < 1.29 is 14.3 Å². The zero-order valence-electron chi connectivity index (χ0n) is 22.8. The van der Waals surface area contributed by atoms with Crippen LogP contribution in [0.3, 0.4) is 0 Å². The number of nitrogens with zero attached hydrogens (tertiary/aromatic N) is 2. The van der Waals surface area contributed by atoms with Gasteiger partial charge in [-0.3, -0.25) is 9.59 Å². The lowest BCUT2D eigenvalue weighted by Gasteiger charge is -2.28. The Morgan fingerprint density at radius 2 is 1.73 bits per heavy atom. The Bertz CT molecular complexity index is 1500. The lowest BCUT2D eigenvalue weighted by atomic mass is 9.77. The molecule has 0 unspecified atom stereocenters. The molecule has 1 fully saturated rings. The first kappa shape index (κ1) is 28.2. The number of aryl methyl sites for hydroxylation is 1. The first-order chi connectivity index (χ1) is 19.3. The third-order valence-electron chi connectivity index (χ3n) is 7.82. The molecule has 2 heterocycles. The molecule has 0 aliphatic heterocycles. The van der Waals surface area contributed by atoms with Crippen molar-refractivity contribution in [3.63, 3.8) is 0 Å². The number of hydrogen-bond acceptors (Lipinski definition) is 4. The third kappa shape index (κ3) is 6.51. The third-order valence-corrected chi connectivity index (χ3v) is 8.37. The number of ether oxygens (including phenoxy) is 1. The molecule has 0 radical (unpaired) electrons. The van der Waals surface area contributed by atoms with Crippen molar-refractivity contribution in [1.82, 2.24) is 14.7 Å². The molecule has 5 rings (SSSR count). The summed E-state index contributed by atoms with van der Waals surface area (Å²) in [6.07, 6.45) is 8.59. The fourth-order valence-corrected chi connectivity index (χ4v) is 6.25. The van der Waals surface area contributed by atoms with Gasteiger partial charge in [0.15, 0.2) is 0 Å². The highest BCUT2D eigenvalue weighted by Gasteiger charge is 2.24. The second kappa shape index (κ2) is 12.4. The minimum Gasteiger partial charge on any atom is -0.466 e. The molecular weight excluding hydrogens is 545 g/mol. The number of hydrogen-bond donors (Lipinski definition) is 1. The number of carbonyl (C=O) groups excluding carboxylic acids is 2. The van der Waals surface area contributed by atoms with Gasteiger partial charge in [-0.1, -0.05) is 47.5 Å².